The lowest BCUT2D eigenvalue weighted by Gasteiger charge is -2.17. The maximum Gasteiger partial charge on any atom is 0.263 e. The number of allylic oxidation sites excluding steroid dienone is 2. The first-order chi connectivity index (χ1) is 13.9. The minimum absolute atomic E-state index is 0.575. The summed E-state index contributed by atoms with van der Waals surface area (Å²) in [5, 5.41) is 1.87. The molecule has 0 bridgehead atoms. The van der Waals surface area contributed by atoms with Crippen molar-refractivity contribution < 1.29 is 17.5 Å². The Hall–Kier alpha value is -2.13. The van der Waals surface area contributed by atoms with Gasteiger partial charge in [-0.25, -0.2) is 8.42 Å². The number of aromatic nitrogens is 1. The van der Waals surface area contributed by atoms with Crippen LogP contribution in [0.25, 0.3) is 16.3 Å². The lowest BCUT2D eigenvalue weighted by atomic mass is 10.2. The molecule has 1 aromatic heterocycles. The van der Waals surface area contributed by atoms with E-state index in [4.69, 9.17) is 0 Å². The molecule has 0 unspecified atom stereocenters. The lowest BCUT2D eigenvalue weighted by Crippen LogP contribution is -2.39. The van der Waals surface area contributed by atoms with Gasteiger partial charge in [-0.05, 0) is 43.7 Å². The molecule has 0 amide bonds. The van der Waals surface area contributed by atoms with Gasteiger partial charge in [0.25, 0.3) is 5.01 Å². The van der Waals surface area contributed by atoms with Crippen molar-refractivity contribution in [2.24, 2.45) is 0 Å². The molecule has 0 saturated carbocycles. The third-order valence-electron chi connectivity index (χ3n) is 4.58. The van der Waals surface area contributed by atoms with E-state index in [1.165, 1.54) is 21.9 Å². The molecule has 0 fully saturated rings. The molecular weight excluding hydrogens is 424 g/mol. The van der Waals surface area contributed by atoms with Crippen molar-refractivity contribution in [3.05, 3.63) is 70.2 Å². The van der Waals surface area contributed by atoms with Gasteiger partial charge in [0.05, 0.1) is 10.7 Å². The summed E-state index contributed by atoms with van der Waals surface area (Å²) >= 11 is 3.20. The van der Waals surface area contributed by atoms with Gasteiger partial charge in [0.2, 0.25) is 11.4 Å². The number of rotatable bonds is 5. The quantitative estimate of drug-likeness (QED) is 0.426. The van der Waals surface area contributed by atoms with Gasteiger partial charge in [-0.15, -0.1) is 0 Å². The summed E-state index contributed by atoms with van der Waals surface area (Å²) in [7, 11) is -4.41. The highest BCUT2D eigenvalue weighted by Crippen LogP contribution is 2.45. The first kappa shape index (κ1) is 20.2. The molecule has 3 aromatic rings. The van der Waals surface area contributed by atoms with Gasteiger partial charge in [0.1, 0.15) is 4.70 Å². The van der Waals surface area contributed by atoms with E-state index >= 15 is 0 Å². The highest BCUT2D eigenvalue weighted by Gasteiger charge is 2.24. The first-order valence-corrected chi connectivity index (χ1v) is 12.4. The minimum atomic E-state index is -4.41. The number of hydrogen-bond donors (Lipinski definition) is 0. The van der Waals surface area contributed by atoms with Crippen LogP contribution in [0.2, 0.25) is 0 Å². The number of hydrogen-bond acceptors (Lipinski definition) is 6. The van der Waals surface area contributed by atoms with Gasteiger partial charge in [-0.1, -0.05) is 47.4 Å². The summed E-state index contributed by atoms with van der Waals surface area (Å²) in [5.74, 6) is -0.575. The van der Waals surface area contributed by atoms with Crippen molar-refractivity contribution in [1.29, 1.82) is 0 Å². The molecule has 8 heteroatoms. The van der Waals surface area contributed by atoms with Gasteiger partial charge in [0.15, 0.2) is 10.1 Å². The van der Waals surface area contributed by atoms with Crippen molar-refractivity contribution >= 4 is 55.2 Å². The van der Waals surface area contributed by atoms with E-state index in [0.29, 0.717) is 0 Å². The Labute approximate surface area is 178 Å². The highest BCUT2D eigenvalue weighted by atomic mass is 32.2. The number of para-hydroxylation sites is 2. The van der Waals surface area contributed by atoms with Crippen molar-refractivity contribution in [3.63, 3.8) is 0 Å². The van der Waals surface area contributed by atoms with Crippen LogP contribution >= 0.6 is 23.1 Å². The van der Waals surface area contributed by atoms with Crippen LogP contribution in [0.15, 0.2) is 70.1 Å². The number of anilines is 1. The first-order valence-electron chi connectivity index (χ1n) is 9.15. The Bertz CT molecular complexity index is 1240. The predicted octanol–water partition coefficient (Wildman–Crippen LogP) is 4.57. The molecular formula is C21H20N2O3S3. The van der Waals surface area contributed by atoms with Crippen molar-refractivity contribution in [1.82, 2.24) is 0 Å². The minimum Gasteiger partial charge on any atom is -0.743 e. The zero-order chi connectivity index (χ0) is 20.6. The number of benzene rings is 2. The third kappa shape index (κ3) is 4.25. The topological polar surface area (TPSA) is 64.3 Å². The fourth-order valence-corrected chi connectivity index (χ4v) is 6.46. The summed E-state index contributed by atoms with van der Waals surface area (Å²) in [4.78, 5) is 3.49. The Morgan fingerprint density at radius 3 is 2.66 bits per heavy atom. The Balaban J connectivity index is 1.74. The molecule has 1 aliphatic heterocycles. The third-order valence-corrected chi connectivity index (χ3v) is 7.38. The van der Waals surface area contributed by atoms with E-state index < -0.39 is 16.0 Å². The fraction of sp³-hybridized carbons (Fsp3) is 0.190. The van der Waals surface area contributed by atoms with Crippen LogP contribution in [0.1, 0.15) is 18.9 Å². The van der Waals surface area contributed by atoms with Gasteiger partial charge < -0.3 is 9.45 Å². The van der Waals surface area contributed by atoms with Crippen LogP contribution in [0.5, 0.6) is 0 Å². The molecule has 0 spiro atoms. The van der Waals surface area contributed by atoms with E-state index in [1.807, 2.05) is 49.4 Å². The molecule has 5 nitrogen and oxygen atoms in total. The zero-order valence-corrected chi connectivity index (χ0v) is 18.5. The fourth-order valence-electron chi connectivity index (χ4n) is 3.37. The van der Waals surface area contributed by atoms with Crippen molar-refractivity contribution in [3.8, 4) is 0 Å². The Kier molecular flexibility index (Phi) is 5.52. The van der Waals surface area contributed by atoms with Gasteiger partial charge in [-0.3, -0.25) is 0 Å². The summed E-state index contributed by atoms with van der Waals surface area (Å²) in [6, 6.07) is 15.8. The summed E-state index contributed by atoms with van der Waals surface area (Å²) in [6.07, 6.45) is 4.05. The molecule has 4 rings (SSSR count). The van der Waals surface area contributed by atoms with Crippen LogP contribution in [0, 0.1) is 0 Å². The molecule has 0 atom stereocenters. The maximum absolute atomic E-state index is 11.5. The van der Waals surface area contributed by atoms with Crippen molar-refractivity contribution in [2.45, 2.75) is 24.6 Å². The Morgan fingerprint density at radius 1 is 1.17 bits per heavy atom. The van der Waals surface area contributed by atoms with Crippen molar-refractivity contribution in [2.75, 3.05) is 11.4 Å². The highest BCUT2D eigenvalue weighted by molar-refractivity contribution is 8.03. The van der Waals surface area contributed by atoms with Crippen LogP contribution in [0.3, 0.4) is 0 Å². The lowest BCUT2D eigenvalue weighted by molar-refractivity contribution is -0.649. The Morgan fingerprint density at radius 2 is 1.90 bits per heavy atom. The molecule has 2 aromatic carbocycles. The van der Waals surface area contributed by atoms with E-state index in [0.717, 1.165) is 32.4 Å². The number of nitrogens with zero attached hydrogens (tertiary/aromatic N) is 2. The van der Waals surface area contributed by atoms with E-state index in [2.05, 4.69) is 30.0 Å². The van der Waals surface area contributed by atoms with Crippen LogP contribution in [-0.2, 0) is 16.0 Å². The van der Waals surface area contributed by atoms with Crippen LogP contribution in [-0.4, -0.2) is 19.5 Å². The number of thioether (sulfide) groups is 1. The molecule has 0 N–H and O–H groups in total. The number of thiazole rings is 1. The second-order valence-electron chi connectivity index (χ2n) is 6.71. The second kappa shape index (κ2) is 7.95. The molecule has 1 aliphatic rings. The molecule has 29 heavy (non-hydrogen) atoms. The largest absolute Gasteiger partial charge is 0.743 e. The van der Waals surface area contributed by atoms with Gasteiger partial charge >= 0.3 is 0 Å². The monoisotopic (exact) mass is 444 g/mol. The van der Waals surface area contributed by atoms with Crippen LogP contribution < -0.4 is 9.47 Å². The standard InChI is InChI=1S/C21H20N2O3S3/c1-3-22-16-8-4-6-10-18(16)27-20(22)12-15(2)13-21-23(14-29(24,25)26)17-9-5-7-11-19(17)28-21/h4-13H,3,14H2,1-2H3. The average Bonchev–Trinajstić information content (AvgIpc) is 3.18. The molecule has 0 aliphatic carbocycles. The van der Waals surface area contributed by atoms with E-state index in [-0.39, 0.29) is 0 Å². The normalized spacial score (nSPS) is 16.0. The number of fused-ring (bicyclic) bond motifs is 2. The van der Waals surface area contributed by atoms with Crippen LogP contribution in [0.4, 0.5) is 5.69 Å². The smallest absolute Gasteiger partial charge is 0.263 e. The summed E-state index contributed by atoms with van der Waals surface area (Å²) in [5.41, 5.74) is 2.94. The maximum atomic E-state index is 11.5. The van der Waals surface area contributed by atoms with Gasteiger partial charge in [-0.2, -0.15) is 4.57 Å². The molecule has 150 valence electrons. The average molecular weight is 445 g/mol. The summed E-state index contributed by atoms with van der Waals surface area (Å²) < 4.78 is 36.9. The SMILES string of the molecule is CCN1/C(=C/C(C)=C/c2sc3ccccc3[n+]2CS(=O)(=O)[O-])Sc2ccccc21. The molecule has 0 saturated heterocycles. The molecule has 0 radical (unpaired) electrons. The predicted molar refractivity (Wildman–Crippen MR) is 119 cm³/mol. The zero-order valence-electron chi connectivity index (χ0n) is 16.0. The molecule has 2 heterocycles. The second-order valence-corrected chi connectivity index (χ2v) is 10.2. The van der Waals surface area contributed by atoms with E-state index in [9.17, 15) is 13.0 Å². The summed E-state index contributed by atoms with van der Waals surface area (Å²) in [6.45, 7) is 4.97. The van der Waals surface area contributed by atoms with Gasteiger partial charge in [0, 0.05) is 23.6 Å². The van der Waals surface area contributed by atoms with E-state index in [1.54, 1.807) is 16.3 Å².